The molecular formula is C20H19N5O2S2. The molecule has 2 N–H and O–H groups in total. The van der Waals surface area contributed by atoms with Gasteiger partial charge in [-0.25, -0.2) is 9.97 Å². The lowest BCUT2D eigenvalue weighted by Crippen LogP contribution is -2.18. The summed E-state index contributed by atoms with van der Waals surface area (Å²) in [6.45, 7) is 3.68. The Labute approximate surface area is 176 Å². The van der Waals surface area contributed by atoms with Crippen LogP contribution in [-0.2, 0) is 0 Å². The summed E-state index contributed by atoms with van der Waals surface area (Å²) in [5, 5.41) is 13.9. The number of amides is 1. The van der Waals surface area contributed by atoms with Crippen LogP contribution in [0.15, 0.2) is 49.1 Å². The molecule has 4 heterocycles. The fraction of sp³-hybridized carbons (Fsp3) is 0.150. The highest BCUT2D eigenvalue weighted by Crippen LogP contribution is 2.31. The standard InChI is InChI=1S/C11H11N3OS.C9H8N2OS/c1-7-9(10(15)12-2)14-11(16-7)8-3-5-13-6-4-8;1-6-9(12)13-8(11-6)7-2-4-10-5-3-7/h3-6H,1-2H3,(H,12,15);2-5,12H,1H3. The summed E-state index contributed by atoms with van der Waals surface area (Å²) in [6, 6.07) is 7.51. The van der Waals surface area contributed by atoms with Crippen molar-refractivity contribution in [1.82, 2.24) is 25.3 Å². The topological polar surface area (TPSA) is 101 Å². The third kappa shape index (κ3) is 5.01. The van der Waals surface area contributed by atoms with E-state index >= 15 is 0 Å². The molecule has 4 aromatic heterocycles. The number of aromatic hydroxyl groups is 1. The lowest BCUT2D eigenvalue weighted by Gasteiger charge is -1.94. The van der Waals surface area contributed by atoms with Crippen molar-refractivity contribution < 1.29 is 9.90 Å². The molecule has 0 aliphatic rings. The highest BCUT2D eigenvalue weighted by molar-refractivity contribution is 7.16. The predicted octanol–water partition coefficient (Wildman–Crippen LogP) is 4.09. The molecule has 0 aromatic carbocycles. The van der Waals surface area contributed by atoms with Crippen molar-refractivity contribution in [2.45, 2.75) is 13.8 Å². The van der Waals surface area contributed by atoms with E-state index in [-0.39, 0.29) is 11.0 Å². The molecule has 0 bridgehead atoms. The number of nitrogens with zero attached hydrogens (tertiary/aromatic N) is 4. The van der Waals surface area contributed by atoms with E-state index in [9.17, 15) is 9.90 Å². The third-order valence-electron chi connectivity index (χ3n) is 3.87. The average Bonchev–Trinajstić information content (AvgIpc) is 3.31. The highest BCUT2D eigenvalue weighted by atomic mass is 32.1. The quantitative estimate of drug-likeness (QED) is 0.513. The van der Waals surface area contributed by atoms with Gasteiger partial charge in [0.2, 0.25) is 0 Å². The Morgan fingerprint density at radius 1 is 0.897 bits per heavy atom. The van der Waals surface area contributed by atoms with Gasteiger partial charge in [-0.05, 0) is 38.1 Å². The van der Waals surface area contributed by atoms with Crippen molar-refractivity contribution in [1.29, 1.82) is 0 Å². The summed E-state index contributed by atoms with van der Waals surface area (Å²) < 4.78 is 0. The molecule has 0 radical (unpaired) electrons. The molecule has 0 saturated carbocycles. The van der Waals surface area contributed by atoms with Gasteiger partial charge in [0, 0.05) is 47.8 Å². The molecule has 9 heteroatoms. The van der Waals surface area contributed by atoms with E-state index in [0.29, 0.717) is 11.4 Å². The van der Waals surface area contributed by atoms with Gasteiger partial charge in [-0.1, -0.05) is 11.3 Å². The normalized spacial score (nSPS) is 10.2. The molecule has 1 amide bonds. The fourth-order valence-corrected chi connectivity index (χ4v) is 4.08. The fourth-order valence-electron chi connectivity index (χ4n) is 2.35. The highest BCUT2D eigenvalue weighted by Gasteiger charge is 2.14. The smallest absolute Gasteiger partial charge is 0.270 e. The van der Waals surface area contributed by atoms with Crippen LogP contribution < -0.4 is 5.32 Å². The zero-order valence-corrected chi connectivity index (χ0v) is 17.7. The molecule has 0 aliphatic carbocycles. The van der Waals surface area contributed by atoms with Gasteiger partial charge < -0.3 is 10.4 Å². The molecule has 7 nitrogen and oxygen atoms in total. The number of carbonyl (C=O) groups is 1. The SMILES string of the molecule is CNC(=O)c1nc(-c2ccncc2)sc1C.Cc1nc(-c2ccncc2)sc1O. The minimum Gasteiger partial charge on any atom is -0.498 e. The van der Waals surface area contributed by atoms with Crippen molar-refractivity contribution in [3.63, 3.8) is 0 Å². The van der Waals surface area contributed by atoms with E-state index in [2.05, 4.69) is 25.3 Å². The molecule has 148 valence electrons. The van der Waals surface area contributed by atoms with E-state index in [4.69, 9.17) is 0 Å². The van der Waals surface area contributed by atoms with Gasteiger partial charge in [0.25, 0.3) is 5.91 Å². The molecule has 0 unspecified atom stereocenters. The number of thiazole rings is 2. The number of aryl methyl sites for hydroxylation is 2. The summed E-state index contributed by atoms with van der Waals surface area (Å²) in [5.41, 5.74) is 3.15. The Balaban J connectivity index is 0.000000169. The van der Waals surface area contributed by atoms with E-state index in [1.807, 2.05) is 31.2 Å². The van der Waals surface area contributed by atoms with Crippen molar-refractivity contribution in [2.75, 3.05) is 7.05 Å². The van der Waals surface area contributed by atoms with Gasteiger partial charge in [0.1, 0.15) is 15.7 Å². The summed E-state index contributed by atoms with van der Waals surface area (Å²) in [6.07, 6.45) is 6.85. The Morgan fingerprint density at radius 2 is 1.41 bits per heavy atom. The van der Waals surface area contributed by atoms with Crippen molar-refractivity contribution >= 4 is 28.6 Å². The largest absolute Gasteiger partial charge is 0.498 e. The second-order valence-corrected chi connectivity index (χ2v) is 8.07. The lowest BCUT2D eigenvalue weighted by molar-refractivity contribution is 0.0958. The first kappa shape index (κ1) is 20.6. The molecule has 0 atom stereocenters. The van der Waals surface area contributed by atoms with Gasteiger partial charge in [-0.2, -0.15) is 0 Å². The Bertz CT molecular complexity index is 1080. The molecule has 29 heavy (non-hydrogen) atoms. The zero-order valence-electron chi connectivity index (χ0n) is 16.1. The Hall–Kier alpha value is -3.17. The van der Waals surface area contributed by atoms with E-state index in [1.165, 1.54) is 22.7 Å². The van der Waals surface area contributed by atoms with E-state index in [0.717, 1.165) is 26.0 Å². The number of hydrogen-bond acceptors (Lipinski definition) is 8. The first-order chi connectivity index (χ1) is 14.0. The van der Waals surface area contributed by atoms with Crippen LogP contribution in [0.25, 0.3) is 21.1 Å². The molecule has 4 rings (SSSR count). The molecule has 0 fully saturated rings. The van der Waals surface area contributed by atoms with Crippen LogP contribution in [-0.4, -0.2) is 38.0 Å². The van der Waals surface area contributed by atoms with Gasteiger partial charge in [0.05, 0.1) is 5.69 Å². The zero-order chi connectivity index (χ0) is 20.8. The average molecular weight is 426 g/mol. The number of pyridine rings is 2. The van der Waals surface area contributed by atoms with Crippen molar-refractivity contribution in [2.24, 2.45) is 0 Å². The number of aromatic nitrogens is 4. The van der Waals surface area contributed by atoms with E-state index in [1.54, 1.807) is 38.8 Å². The molecule has 0 aliphatic heterocycles. The lowest BCUT2D eigenvalue weighted by atomic mass is 10.3. The second-order valence-electron chi connectivity index (χ2n) is 5.88. The van der Waals surface area contributed by atoms with Crippen LogP contribution in [0.2, 0.25) is 0 Å². The van der Waals surface area contributed by atoms with E-state index < -0.39 is 0 Å². The van der Waals surface area contributed by atoms with Crippen LogP contribution in [0, 0.1) is 13.8 Å². The van der Waals surface area contributed by atoms with Crippen LogP contribution >= 0.6 is 22.7 Å². The van der Waals surface area contributed by atoms with Gasteiger partial charge in [0.15, 0.2) is 5.06 Å². The molecule has 0 saturated heterocycles. The van der Waals surface area contributed by atoms with Crippen LogP contribution in [0.3, 0.4) is 0 Å². The Morgan fingerprint density at radius 3 is 1.86 bits per heavy atom. The minimum absolute atomic E-state index is 0.144. The summed E-state index contributed by atoms with van der Waals surface area (Å²) in [4.78, 5) is 28.8. The van der Waals surface area contributed by atoms with Crippen LogP contribution in [0.5, 0.6) is 5.06 Å². The summed E-state index contributed by atoms with van der Waals surface area (Å²) in [5.74, 6) is -0.144. The van der Waals surface area contributed by atoms with Crippen molar-refractivity contribution in [3.8, 4) is 26.2 Å². The number of hydrogen-bond donors (Lipinski definition) is 2. The number of carbonyl (C=O) groups excluding carboxylic acids is 1. The number of nitrogens with one attached hydrogen (secondary N) is 1. The van der Waals surface area contributed by atoms with Gasteiger partial charge >= 0.3 is 0 Å². The summed E-state index contributed by atoms with van der Waals surface area (Å²) >= 11 is 2.80. The monoisotopic (exact) mass is 425 g/mol. The second kappa shape index (κ2) is 9.35. The van der Waals surface area contributed by atoms with Crippen molar-refractivity contribution in [3.05, 3.63) is 65.3 Å². The van der Waals surface area contributed by atoms with Crippen LogP contribution in [0.1, 0.15) is 21.1 Å². The maximum Gasteiger partial charge on any atom is 0.270 e. The minimum atomic E-state index is -0.144. The maximum absolute atomic E-state index is 11.5. The third-order valence-corrected chi connectivity index (χ3v) is 5.89. The van der Waals surface area contributed by atoms with Gasteiger partial charge in [-0.3, -0.25) is 14.8 Å². The number of rotatable bonds is 3. The first-order valence-electron chi connectivity index (χ1n) is 8.66. The Kier molecular flexibility index (Phi) is 6.63. The molecule has 4 aromatic rings. The van der Waals surface area contributed by atoms with Crippen LogP contribution in [0.4, 0.5) is 0 Å². The predicted molar refractivity (Wildman–Crippen MR) is 115 cm³/mol. The van der Waals surface area contributed by atoms with Gasteiger partial charge in [-0.15, -0.1) is 11.3 Å². The molecular weight excluding hydrogens is 406 g/mol. The maximum atomic E-state index is 11.5. The molecule has 0 spiro atoms. The first-order valence-corrected chi connectivity index (χ1v) is 10.3. The summed E-state index contributed by atoms with van der Waals surface area (Å²) in [7, 11) is 1.60.